The molecule has 1 saturated heterocycles. The Morgan fingerprint density at radius 2 is 2.22 bits per heavy atom. The molecule has 5 heteroatoms. The second kappa shape index (κ2) is 4.72. The maximum Gasteiger partial charge on any atom is 0.271 e. The summed E-state index contributed by atoms with van der Waals surface area (Å²) in [4.78, 5) is 26.5. The predicted octanol–water partition coefficient (Wildman–Crippen LogP) is 2.54. The van der Waals surface area contributed by atoms with Crippen LogP contribution in [0.1, 0.15) is 19.3 Å². The van der Waals surface area contributed by atoms with Crippen LogP contribution in [0.4, 0.5) is 5.69 Å². The number of hydrogen-bond donors (Lipinski definition) is 0. The van der Waals surface area contributed by atoms with E-state index < -0.39 is 0 Å². The Bertz CT molecular complexity index is 504. The van der Waals surface area contributed by atoms with E-state index in [1.165, 1.54) is 0 Å². The zero-order chi connectivity index (χ0) is 12.5. The molecule has 0 N–H and O–H groups in total. The van der Waals surface area contributed by atoms with Crippen molar-refractivity contribution in [2.75, 3.05) is 13.1 Å². The molecule has 0 bridgehead atoms. The van der Waals surface area contributed by atoms with E-state index in [-0.39, 0.29) is 11.3 Å². The van der Waals surface area contributed by atoms with Crippen molar-refractivity contribution in [2.45, 2.75) is 29.5 Å². The summed E-state index contributed by atoms with van der Waals surface area (Å²) in [5.74, 6) is 0.230. The molecule has 3 rings (SSSR count). The molecule has 1 fully saturated rings. The molecular formula is C13H15N2O2S+. The van der Waals surface area contributed by atoms with Crippen LogP contribution >= 0.6 is 11.8 Å². The third-order valence-electron chi connectivity index (χ3n) is 3.44. The van der Waals surface area contributed by atoms with E-state index in [2.05, 4.69) is 0 Å². The molecular weight excluding hydrogens is 248 g/mol. The van der Waals surface area contributed by atoms with Crippen molar-refractivity contribution in [3.63, 3.8) is 0 Å². The molecule has 1 amide bonds. The van der Waals surface area contributed by atoms with E-state index in [1.807, 2.05) is 29.2 Å². The number of fused-ring (bicyclic) bond motifs is 1. The molecule has 1 atom stereocenters. The molecule has 0 radical (unpaired) electrons. The highest BCUT2D eigenvalue weighted by molar-refractivity contribution is 8.00. The van der Waals surface area contributed by atoms with Gasteiger partial charge in [0.15, 0.2) is 0 Å². The van der Waals surface area contributed by atoms with E-state index in [4.69, 9.17) is 0 Å². The van der Waals surface area contributed by atoms with Gasteiger partial charge in [-0.3, -0.25) is 4.79 Å². The van der Waals surface area contributed by atoms with Crippen LogP contribution in [-0.4, -0.2) is 34.0 Å². The summed E-state index contributed by atoms with van der Waals surface area (Å²) in [6.45, 7) is 1.55. The number of carbonyl (C=O) groups is 1. The summed E-state index contributed by atoms with van der Waals surface area (Å²) in [5.41, 5.74) is 0.764. The van der Waals surface area contributed by atoms with Gasteiger partial charge >= 0.3 is 0 Å². The van der Waals surface area contributed by atoms with Crippen molar-refractivity contribution in [3.8, 4) is 0 Å². The summed E-state index contributed by atoms with van der Waals surface area (Å²) < 4.78 is 1.08. The number of thioether (sulfide) groups is 1. The van der Waals surface area contributed by atoms with E-state index in [9.17, 15) is 9.70 Å². The zero-order valence-electron chi connectivity index (χ0n) is 10.0. The molecule has 0 aliphatic carbocycles. The van der Waals surface area contributed by atoms with Crippen molar-refractivity contribution in [3.05, 3.63) is 29.2 Å². The second-order valence-electron chi connectivity index (χ2n) is 4.64. The molecule has 0 spiro atoms. The van der Waals surface area contributed by atoms with Gasteiger partial charge in [-0.25, -0.2) is 0 Å². The van der Waals surface area contributed by atoms with Crippen molar-refractivity contribution < 1.29 is 9.55 Å². The highest BCUT2D eigenvalue weighted by Crippen LogP contribution is 2.42. The number of para-hydroxylation sites is 1. The number of carbonyl (C=O) groups excluding carboxylic acids is 1. The minimum atomic E-state index is -0.0872. The Kier molecular flexibility index (Phi) is 3.07. The first-order chi connectivity index (χ1) is 8.75. The first-order valence-corrected chi connectivity index (χ1v) is 7.13. The maximum absolute atomic E-state index is 12.1. The SMILES string of the molecule is O=C1CCCN1CCC1Sc2ccccc2[N+]1=O. The molecule has 2 aliphatic rings. The Labute approximate surface area is 110 Å². The molecule has 0 aromatic heterocycles. The standard InChI is InChI=1S/C13H15N2O2S/c16-12-6-3-8-14(12)9-7-13-15(17)10-4-1-2-5-11(10)18-13/h1-2,4-5,13H,3,6-9H2/q+1. The Morgan fingerprint density at radius 1 is 1.39 bits per heavy atom. The van der Waals surface area contributed by atoms with Gasteiger partial charge in [-0.15, -0.1) is 0 Å². The quantitative estimate of drug-likeness (QED) is 0.787. The summed E-state index contributed by atoms with van der Waals surface area (Å²) in [7, 11) is 0. The number of rotatable bonds is 3. The summed E-state index contributed by atoms with van der Waals surface area (Å²) in [6, 6.07) is 7.67. The Hall–Kier alpha value is -1.36. The van der Waals surface area contributed by atoms with Crippen LogP contribution < -0.4 is 0 Å². The average Bonchev–Trinajstić information content (AvgIpc) is 2.92. The van der Waals surface area contributed by atoms with Gasteiger partial charge in [-0.2, -0.15) is 0 Å². The van der Waals surface area contributed by atoms with E-state index in [1.54, 1.807) is 11.8 Å². The Balaban J connectivity index is 1.63. The summed E-state index contributed by atoms with van der Waals surface area (Å²) in [6.07, 6.45) is 2.35. The van der Waals surface area contributed by atoms with Crippen LogP contribution in [0, 0.1) is 4.91 Å². The summed E-state index contributed by atoms with van der Waals surface area (Å²) >= 11 is 1.60. The van der Waals surface area contributed by atoms with Crippen LogP contribution in [0.3, 0.4) is 0 Å². The van der Waals surface area contributed by atoms with Gasteiger partial charge in [-0.05, 0) is 24.2 Å². The molecule has 4 nitrogen and oxygen atoms in total. The number of hydrogen-bond acceptors (Lipinski definition) is 3. The van der Waals surface area contributed by atoms with Gasteiger partial charge in [0.05, 0.1) is 9.66 Å². The lowest BCUT2D eigenvalue weighted by atomic mass is 10.3. The van der Waals surface area contributed by atoms with E-state index in [0.717, 1.165) is 34.7 Å². The van der Waals surface area contributed by atoms with Crippen molar-refractivity contribution in [1.29, 1.82) is 0 Å². The lowest BCUT2D eigenvalue weighted by Crippen LogP contribution is -2.28. The molecule has 1 aromatic rings. The summed E-state index contributed by atoms with van der Waals surface area (Å²) in [5, 5.41) is -0.0872. The average molecular weight is 263 g/mol. The molecule has 18 heavy (non-hydrogen) atoms. The van der Waals surface area contributed by atoms with Crippen molar-refractivity contribution >= 4 is 23.4 Å². The second-order valence-corrected chi connectivity index (χ2v) is 5.86. The molecule has 94 valence electrons. The van der Waals surface area contributed by atoms with Gasteiger partial charge in [0, 0.05) is 36.9 Å². The van der Waals surface area contributed by atoms with Gasteiger partial charge in [0.25, 0.3) is 11.1 Å². The number of likely N-dealkylation sites (tertiary alicyclic amines) is 1. The third kappa shape index (κ3) is 2.03. The minimum absolute atomic E-state index is 0.0872. The third-order valence-corrected chi connectivity index (χ3v) is 4.74. The number of amides is 1. The first-order valence-electron chi connectivity index (χ1n) is 6.25. The largest absolute Gasteiger partial charge is 0.342 e. The highest BCUT2D eigenvalue weighted by atomic mass is 32.2. The Morgan fingerprint density at radius 3 is 2.94 bits per heavy atom. The zero-order valence-corrected chi connectivity index (χ0v) is 10.9. The monoisotopic (exact) mass is 263 g/mol. The maximum atomic E-state index is 12.1. The topological polar surface area (TPSA) is 40.4 Å². The molecule has 2 heterocycles. The van der Waals surface area contributed by atoms with Gasteiger partial charge < -0.3 is 4.90 Å². The van der Waals surface area contributed by atoms with Crippen LogP contribution in [-0.2, 0) is 4.79 Å². The first kappa shape index (κ1) is 11.7. The smallest absolute Gasteiger partial charge is 0.271 e. The van der Waals surface area contributed by atoms with Crippen molar-refractivity contribution in [2.24, 2.45) is 0 Å². The molecule has 1 aromatic carbocycles. The fraction of sp³-hybridized carbons (Fsp3) is 0.462. The minimum Gasteiger partial charge on any atom is -0.342 e. The lowest BCUT2D eigenvalue weighted by molar-refractivity contribution is -0.476. The van der Waals surface area contributed by atoms with Gasteiger partial charge in [0.2, 0.25) is 5.91 Å². The number of nitrogens with zero attached hydrogens (tertiary/aromatic N) is 2. The van der Waals surface area contributed by atoms with Crippen LogP contribution in [0.2, 0.25) is 0 Å². The van der Waals surface area contributed by atoms with Crippen LogP contribution in [0.15, 0.2) is 29.2 Å². The highest BCUT2D eigenvalue weighted by Gasteiger charge is 2.39. The molecule has 2 aliphatic heterocycles. The van der Waals surface area contributed by atoms with Crippen molar-refractivity contribution in [1.82, 2.24) is 4.90 Å². The number of benzene rings is 1. The van der Waals surface area contributed by atoms with E-state index >= 15 is 0 Å². The predicted molar refractivity (Wildman–Crippen MR) is 69.8 cm³/mol. The van der Waals surface area contributed by atoms with Crippen LogP contribution in [0.25, 0.3) is 0 Å². The van der Waals surface area contributed by atoms with Gasteiger partial charge in [0.1, 0.15) is 0 Å². The fourth-order valence-electron chi connectivity index (χ4n) is 2.47. The van der Waals surface area contributed by atoms with Gasteiger partial charge in [-0.1, -0.05) is 12.1 Å². The molecule has 1 unspecified atom stereocenters. The fourth-order valence-corrected chi connectivity index (χ4v) is 3.63. The lowest BCUT2D eigenvalue weighted by Gasteiger charge is -2.14. The van der Waals surface area contributed by atoms with E-state index in [0.29, 0.717) is 13.0 Å². The normalized spacial score (nSPS) is 22.7. The number of nitroso groups, excluding NO2 is 1. The molecule has 0 saturated carbocycles. The van der Waals surface area contributed by atoms with Crippen LogP contribution in [0.5, 0.6) is 0 Å².